The number of esters is 2. The molecular formula is C17H3F4I4O9S-. The normalized spacial score (nSPS) is 11.6. The van der Waals surface area contributed by atoms with Crippen LogP contribution in [0.1, 0.15) is 20.7 Å². The monoisotopic (exact) mass is 967 g/mol. The van der Waals surface area contributed by atoms with E-state index in [2.05, 4.69) is 9.47 Å². The standard InChI is InChI=1S/C17H4F4I4O9S/c18-6-8(20)15(35(30,31)32)9(21)7(19)14(6)34-3(26)1-2-33-17(29)5-4(16(27)28)10(22)12(24)13(25)11(5)23/h1-2H,(H,27,28)(H,30,31,32)/p-1/b2-1+. The predicted octanol–water partition coefficient (Wildman–Crippen LogP) is 4.54. The first-order valence-corrected chi connectivity index (χ1v) is 13.7. The number of hydrogen-bond acceptors (Lipinski definition) is 8. The van der Waals surface area contributed by atoms with Gasteiger partial charge >= 0.3 is 17.9 Å². The summed E-state index contributed by atoms with van der Waals surface area (Å²) in [7, 11) is -5.96. The zero-order valence-corrected chi connectivity index (χ0v) is 25.2. The lowest BCUT2D eigenvalue weighted by Crippen LogP contribution is -2.17. The molecule has 2 aromatic rings. The van der Waals surface area contributed by atoms with Gasteiger partial charge in [0.1, 0.15) is 21.3 Å². The van der Waals surface area contributed by atoms with Gasteiger partial charge < -0.3 is 19.1 Å². The van der Waals surface area contributed by atoms with Crippen molar-refractivity contribution >= 4 is 118 Å². The minimum Gasteiger partial charge on any atom is -0.744 e. The largest absolute Gasteiger partial charge is 0.744 e. The van der Waals surface area contributed by atoms with Crippen LogP contribution in [0.2, 0.25) is 0 Å². The van der Waals surface area contributed by atoms with Crippen LogP contribution in [0.25, 0.3) is 0 Å². The summed E-state index contributed by atoms with van der Waals surface area (Å²) in [6, 6.07) is 0. The van der Waals surface area contributed by atoms with E-state index < -0.39 is 61.9 Å². The third-order valence-corrected chi connectivity index (χ3v) is 12.0. The zero-order valence-electron chi connectivity index (χ0n) is 15.8. The third-order valence-electron chi connectivity index (χ3n) is 3.70. The van der Waals surface area contributed by atoms with Crippen molar-refractivity contribution in [2.24, 2.45) is 0 Å². The van der Waals surface area contributed by atoms with E-state index in [-0.39, 0.29) is 24.3 Å². The quantitative estimate of drug-likeness (QED) is 0.0508. The molecule has 0 spiro atoms. The van der Waals surface area contributed by atoms with Gasteiger partial charge in [-0.05, 0) is 90.4 Å². The molecule has 1 N–H and O–H groups in total. The average molecular weight is 967 g/mol. The lowest BCUT2D eigenvalue weighted by Gasteiger charge is -2.13. The number of carboxylic acids is 1. The molecular weight excluding hydrogens is 964 g/mol. The van der Waals surface area contributed by atoms with Gasteiger partial charge in [-0.2, -0.15) is 8.78 Å². The van der Waals surface area contributed by atoms with Crippen LogP contribution in [0.5, 0.6) is 5.75 Å². The number of ether oxygens (including phenoxy) is 2. The molecule has 0 heterocycles. The predicted molar refractivity (Wildman–Crippen MR) is 139 cm³/mol. The summed E-state index contributed by atoms with van der Waals surface area (Å²) in [5.74, 6) is -16.6. The molecule has 2 aromatic carbocycles. The second-order valence-electron chi connectivity index (χ2n) is 5.81. The molecule has 2 rings (SSSR count). The lowest BCUT2D eigenvalue weighted by molar-refractivity contribution is -0.129. The summed E-state index contributed by atoms with van der Waals surface area (Å²) >= 11 is 7.17. The number of aromatic carboxylic acids is 1. The van der Waals surface area contributed by atoms with Crippen LogP contribution in [0, 0.1) is 37.5 Å². The number of carbonyl (C=O) groups excluding carboxylic acids is 2. The lowest BCUT2D eigenvalue weighted by atomic mass is 10.1. The molecule has 0 saturated heterocycles. The molecule has 0 aliphatic carbocycles. The first-order chi connectivity index (χ1) is 16.0. The van der Waals surface area contributed by atoms with Crippen molar-refractivity contribution in [2.45, 2.75) is 4.90 Å². The van der Waals surface area contributed by atoms with Crippen LogP contribution in [0.3, 0.4) is 0 Å². The first-order valence-electron chi connectivity index (χ1n) is 8.02. The number of rotatable bonds is 6. The Labute approximate surface area is 246 Å². The SMILES string of the molecule is O=C(/C=C/OC(=O)c1c(I)c(I)c(I)c(I)c1C(=O)O)Oc1c(F)c(F)c(S(=O)(=O)[O-])c(F)c1F. The maximum absolute atomic E-state index is 13.9. The van der Waals surface area contributed by atoms with Crippen molar-refractivity contribution in [3.05, 3.63) is 61.0 Å². The van der Waals surface area contributed by atoms with E-state index in [1.807, 2.05) is 45.2 Å². The highest BCUT2D eigenvalue weighted by molar-refractivity contribution is 14.1. The smallest absolute Gasteiger partial charge is 0.344 e. The Hall–Kier alpha value is -0.860. The average Bonchev–Trinajstić information content (AvgIpc) is 2.74. The highest BCUT2D eigenvalue weighted by Crippen LogP contribution is 2.34. The Morgan fingerprint density at radius 1 is 0.829 bits per heavy atom. The summed E-state index contributed by atoms with van der Waals surface area (Å²) in [5, 5.41) is 9.48. The van der Waals surface area contributed by atoms with Crippen LogP contribution >= 0.6 is 90.4 Å². The van der Waals surface area contributed by atoms with E-state index in [1.54, 1.807) is 45.2 Å². The van der Waals surface area contributed by atoms with Crippen molar-refractivity contribution in [1.82, 2.24) is 0 Å². The Bertz CT molecular complexity index is 1400. The van der Waals surface area contributed by atoms with Crippen molar-refractivity contribution in [1.29, 1.82) is 0 Å². The number of benzene rings is 2. The molecule has 0 unspecified atom stereocenters. The Morgan fingerprint density at radius 2 is 1.29 bits per heavy atom. The number of carboxylic acid groups (broad SMARTS) is 1. The fourth-order valence-electron chi connectivity index (χ4n) is 2.27. The van der Waals surface area contributed by atoms with E-state index in [0.29, 0.717) is 13.4 Å². The molecule has 0 aliphatic heterocycles. The zero-order chi connectivity index (χ0) is 27.0. The van der Waals surface area contributed by atoms with Crippen molar-refractivity contribution in [3.63, 3.8) is 0 Å². The second kappa shape index (κ2) is 11.7. The minimum absolute atomic E-state index is 0.218. The topological polar surface area (TPSA) is 147 Å². The maximum atomic E-state index is 13.9. The van der Waals surface area contributed by atoms with Crippen molar-refractivity contribution in [2.75, 3.05) is 0 Å². The molecule has 0 bridgehead atoms. The third kappa shape index (κ3) is 6.35. The number of hydrogen-bond donors (Lipinski definition) is 1. The van der Waals surface area contributed by atoms with E-state index in [1.165, 1.54) is 0 Å². The van der Waals surface area contributed by atoms with E-state index in [0.717, 1.165) is 0 Å². The van der Waals surface area contributed by atoms with Gasteiger partial charge in [0.2, 0.25) is 17.4 Å². The minimum atomic E-state index is -5.96. The second-order valence-corrected chi connectivity index (χ2v) is 11.4. The van der Waals surface area contributed by atoms with Crippen LogP contribution in [-0.2, 0) is 19.6 Å². The summed E-state index contributed by atoms with van der Waals surface area (Å²) in [5.41, 5.74) is -0.745. The molecule has 0 aromatic heterocycles. The number of halogens is 8. The summed E-state index contributed by atoms with van der Waals surface area (Å²) < 4.78 is 98.0. The molecule has 0 radical (unpaired) electrons. The Kier molecular flexibility index (Phi) is 10.1. The molecule has 0 aliphatic rings. The first kappa shape index (κ1) is 30.4. The Morgan fingerprint density at radius 3 is 1.71 bits per heavy atom. The van der Waals surface area contributed by atoms with Gasteiger partial charge in [-0.25, -0.2) is 31.6 Å². The van der Waals surface area contributed by atoms with Crippen LogP contribution in [-0.4, -0.2) is 36.0 Å². The van der Waals surface area contributed by atoms with E-state index in [9.17, 15) is 50.0 Å². The van der Waals surface area contributed by atoms with Crippen molar-refractivity contribution < 1.29 is 59.5 Å². The summed E-state index contributed by atoms with van der Waals surface area (Å²) in [4.78, 5) is 33.5. The Balaban J connectivity index is 2.33. The van der Waals surface area contributed by atoms with Crippen LogP contribution in [0.4, 0.5) is 17.6 Å². The molecule has 0 saturated carbocycles. The van der Waals surface area contributed by atoms with Gasteiger partial charge in [0.05, 0.1) is 17.2 Å². The molecule has 9 nitrogen and oxygen atoms in total. The molecule has 35 heavy (non-hydrogen) atoms. The van der Waals surface area contributed by atoms with Crippen LogP contribution < -0.4 is 4.74 Å². The van der Waals surface area contributed by atoms with Gasteiger partial charge in [-0.15, -0.1) is 0 Å². The molecule has 0 fully saturated rings. The van der Waals surface area contributed by atoms with E-state index in [4.69, 9.17) is 0 Å². The molecule has 188 valence electrons. The fraction of sp³-hybridized carbons (Fsp3) is 0. The van der Waals surface area contributed by atoms with E-state index >= 15 is 0 Å². The highest BCUT2D eigenvalue weighted by atomic mass is 127. The highest BCUT2D eigenvalue weighted by Gasteiger charge is 2.31. The fourth-order valence-corrected chi connectivity index (χ4v) is 6.53. The molecule has 18 heteroatoms. The summed E-state index contributed by atoms with van der Waals surface area (Å²) in [6.07, 6.45) is 0.601. The maximum Gasteiger partial charge on any atom is 0.344 e. The van der Waals surface area contributed by atoms with Gasteiger partial charge in [-0.3, -0.25) is 0 Å². The van der Waals surface area contributed by atoms with Gasteiger partial charge in [0.25, 0.3) is 0 Å². The van der Waals surface area contributed by atoms with Gasteiger partial charge in [0.15, 0.2) is 11.6 Å². The van der Waals surface area contributed by atoms with Crippen molar-refractivity contribution in [3.8, 4) is 5.75 Å². The van der Waals surface area contributed by atoms with Gasteiger partial charge in [0, 0.05) is 14.3 Å². The summed E-state index contributed by atoms with van der Waals surface area (Å²) in [6.45, 7) is 0. The van der Waals surface area contributed by atoms with Crippen LogP contribution in [0.15, 0.2) is 17.2 Å². The van der Waals surface area contributed by atoms with Gasteiger partial charge in [-0.1, -0.05) is 0 Å². The number of carbonyl (C=O) groups is 3. The molecule has 0 amide bonds. The molecule has 0 atom stereocenters.